The lowest BCUT2D eigenvalue weighted by atomic mass is 10.0. The largest absolute Gasteiger partial charge is 0.477 e. The molecule has 0 aromatic carbocycles. The number of halogens is 3. The first kappa shape index (κ1) is 21.6. The zero-order valence-corrected chi connectivity index (χ0v) is 16.6. The fraction of sp³-hybridized carbons (Fsp3) is 0.462. The molecule has 1 saturated heterocycles. The summed E-state index contributed by atoms with van der Waals surface area (Å²) in [6.07, 6.45) is 0. The second-order valence-electron chi connectivity index (χ2n) is 5.72. The number of rotatable bonds is 7. The average molecular weight is 471 g/mol. The van der Waals surface area contributed by atoms with Crippen LogP contribution in [0.25, 0.3) is 0 Å². The van der Waals surface area contributed by atoms with Crippen molar-refractivity contribution in [1.82, 2.24) is 25.4 Å². The van der Waals surface area contributed by atoms with Gasteiger partial charge in [-0.25, -0.2) is 14.7 Å². The van der Waals surface area contributed by atoms with Gasteiger partial charge in [0.25, 0.3) is 5.91 Å². The summed E-state index contributed by atoms with van der Waals surface area (Å²) >= 11 is 1.73. The third-order valence-electron chi connectivity index (χ3n) is 3.80. The molecule has 2 aliphatic heterocycles. The summed E-state index contributed by atoms with van der Waals surface area (Å²) in [6.45, 7) is 0. The summed E-state index contributed by atoms with van der Waals surface area (Å²) in [5, 5.41) is 17.2. The van der Waals surface area contributed by atoms with Crippen LogP contribution < -0.4 is 11.0 Å². The van der Waals surface area contributed by atoms with E-state index in [0.717, 1.165) is 16.7 Å². The second-order valence-corrected chi connectivity index (χ2v) is 8.83. The van der Waals surface area contributed by atoms with Crippen molar-refractivity contribution < 1.29 is 32.7 Å². The molecule has 1 aromatic heterocycles. The molecule has 0 bridgehead atoms. The van der Waals surface area contributed by atoms with E-state index in [1.165, 1.54) is 11.8 Å². The monoisotopic (exact) mass is 471 g/mol. The Hall–Kier alpha value is -2.07. The average Bonchev–Trinajstić information content (AvgIpc) is 3.06. The van der Waals surface area contributed by atoms with E-state index >= 15 is 0 Å². The number of carboxylic acid groups (broad SMARTS) is 1. The van der Waals surface area contributed by atoms with Crippen molar-refractivity contribution in [3.05, 3.63) is 21.8 Å². The molecule has 3 heterocycles. The quantitative estimate of drug-likeness (QED) is 0.323. The molecule has 1 aromatic rings. The maximum absolute atomic E-state index is 12.4. The van der Waals surface area contributed by atoms with E-state index < -0.39 is 57.9 Å². The summed E-state index contributed by atoms with van der Waals surface area (Å²) < 4.78 is 36.5. The van der Waals surface area contributed by atoms with Gasteiger partial charge in [0.15, 0.2) is 5.16 Å². The van der Waals surface area contributed by atoms with Crippen LogP contribution in [0.2, 0.25) is 0 Å². The standard InChI is InChI=1S/C13H12F3N5O5S3/c14-13(15,16)29-3-5(22)17-6-8(23)21-7(10(24)25)4(1-27-9(6)21)2-28-12-18-11(26)19-20-12/h6,9H,1-3H2,(H,17,22)(H,24,25)(H2,18,19,20,26)/t6?,9-/m0/s1. The molecule has 3 rings (SSSR count). The van der Waals surface area contributed by atoms with Gasteiger partial charge in [0.05, 0.1) is 5.75 Å². The number of thioether (sulfide) groups is 3. The van der Waals surface area contributed by atoms with E-state index in [-0.39, 0.29) is 22.4 Å². The van der Waals surface area contributed by atoms with Gasteiger partial charge in [-0.1, -0.05) is 11.8 Å². The number of hydrogen-bond acceptors (Lipinski definition) is 8. The van der Waals surface area contributed by atoms with E-state index in [9.17, 15) is 37.5 Å². The lowest BCUT2D eigenvalue weighted by molar-refractivity contribution is -0.150. The van der Waals surface area contributed by atoms with Crippen molar-refractivity contribution in [2.24, 2.45) is 0 Å². The van der Waals surface area contributed by atoms with Crippen molar-refractivity contribution in [1.29, 1.82) is 0 Å². The Balaban J connectivity index is 1.67. The molecule has 158 valence electrons. The third-order valence-corrected chi connectivity index (χ3v) is 6.83. The Morgan fingerprint density at radius 1 is 1.38 bits per heavy atom. The third kappa shape index (κ3) is 4.92. The van der Waals surface area contributed by atoms with E-state index in [1.807, 2.05) is 0 Å². The number of carbonyl (C=O) groups excluding carboxylic acids is 2. The molecule has 0 aliphatic carbocycles. The van der Waals surface area contributed by atoms with Crippen molar-refractivity contribution in [2.75, 3.05) is 17.3 Å². The number of H-pyrrole nitrogens is 2. The number of hydrogen-bond donors (Lipinski definition) is 4. The van der Waals surface area contributed by atoms with Crippen LogP contribution in [0.3, 0.4) is 0 Å². The van der Waals surface area contributed by atoms with Gasteiger partial charge in [-0.3, -0.25) is 19.5 Å². The Labute approximate surface area is 172 Å². The highest BCUT2D eigenvalue weighted by Gasteiger charge is 2.54. The fourth-order valence-corrected chi connectivity index (χ4v) is 5.31. The lowest BCUT2D eigenvalue weighted by Gasteiger charge is -2.49. The fourth-order valence-electron chi connectivity index (χ4n) is 2.64. The summed E-state index contributed by atoms with van der Waals surface area (Å²) in [5.74, 6) is -3.54. The summed E-state index contributed by atoms with van der Waals surface area (Å²) in [6, 6.07) is -1.09. The van der Waals surface area contributed by atoms with Gasteiger partial charge in [-0.15, -0.1) is 16.9 Å². The minimum atomic E-state index is -4.57. The molecule has 16 heteroatoms. The minimum Gasteiger partial charge on any atom is -0.477 e. The Kier molecular flexibility index (Phi) is 6.23. The topological polar surface area (TPSA) is 148 Å². The Morgan fingerprint density at radius 2 is 2.10 bits per heavy atom. The summed E-state index contributed by atoms with van der Waals surface area (Å²) in [5.41, 5.74) is -4.91. The molecule has 2 amide bonds. The lowest BCUT2D eigenvalue weighted by Crippen LogP contribution is -2.70. The molecular weight excluding hydrogens is 459 g/mol. The van der Waals surface area contributed by atoms with Gasteiger partial charge in [-0.2, -0.15) is 13.2 Å². The number of nitrogens with zero attached hydrogens (tertiary/aromatic N) is 2. The highest BCUT2D eigenvalue weighted by molar-refractivity contribution is 8.01. The molecular formula is C13H12F3N5O5S3. The molecule has 0 spiro atoms. The first-order chi connectivity index (χ1) is 13.6. The van der Waals surface area contributed by atoms with Crippen LogP contribution in [0, 0.1) is 0 Å². The first-order valence-electron chi connectivity index (χ1n) is 7.74. The van der Waals surface area contributed by atoms with Crippen LogP contribution in [-0.2, 0) is 14.4 Å². The molecule has 0 saturated carbocycles. The molecule has 2 aliphatic rings. The highest BCUT2D eigenvalue weighted by Crippen LogP contribution is 2.41. The SMILES string of the molecule is O=C(CSC(F)(F)F)NC1C(=O)N2C(C(=O)O)=C(CSc3n[nH]c(=O)[nH]3)CS[C@@H]12. The van der Waals surface area contributed by atoms with Crippen LogP contribution in [0.5, 0.6) is 0 Å². The molecule has 4 N–H and O–H groups in total. The van der Waals surface area contributed by atoms with E-state index in [2.05, 4.69) is 20.5 Å². The van der Waals surface area contributed by atoms with Gasteiger partial charge >= 0.3 is 17.2 Å². The minimum absolute atomic E-state index is 0.144. The number of β-lactam (4-membered cyclic amide) rings is 1. The molecule has 29 heavy (non-hydrogen) atoms. The Morgan fingerprint density at radius 3 is 2.69 bits per heavy atom. The maximum atomic E-state index is 12.4. The van der Waals surface area contributed by atoms with Gasteiger partial charge < -0.3 is 10.4 Å². The molecule has 0 radical (unpaired) electrons. The van der Waals surface area contributed by atoms with Gasteiger partial charge in [0.2, 0.25) is 5.91 Å². The number of aliphatic carboxylic acids is 1. The number of alkyl halides is 3. The smallest absolute Gasteiger partial charge is 0.442 e. The molecule has 2 atom stereocenters. The maximum Gasteiger partial charge on any atom is 0.442 e. The van der Waals surface area contributed by atoms with Crippen LogP contribution >= 0.6 is 35.3 Å². The normalized spacial score (nSPS) is 21.6. The number of amides is 2. The number of nitrogens with one attached hydrogen (secondary N) is 3. The molecule has 1 unspecified atom stereocenters. The Bertz CT molecular complexity index is 930. The van der Waals surface area contributed by atoms with Gasteiger partial charge in [-0.05, 0) is 17.3 Å². The summed E-state index contributed by atoms with van der Waals surface area (Å²) in [7, 11) is 0. The number of carbonyl (C=O) groups is 3. The van der Waals surface area contributed by atoms with Crippen molar-refractivity contribution in [3.8, 4) is 0 Å². The molecule has 1 fully saturated rings. The van der Waals surface area contributed by atoms with Crippen LogP contribution in [0.4, 0.5) is 13.2 Å². The van der Waals surface area contributed by atoms with Crippen LogP contribution in [0.1, 0.15) is 0 Å². The predicted molar refractivity (Wildman–Crippen MR) is 98.1 cm³/mol. The first-order valence-corrected chi connectivity index (χ1v) is 10.8. The van der Waals surface area contributed by atoms with Crippen molar-refractivity contribution >= 4 is 53.1 Å². The number of fused-ring (bicyclic) bond motifs is 1. The van der Waals surface area contributed by atoms with E-state index in [4.69, 9.17) is 0 Å². The molecule has 10 nitrogen and oxygen atoms in total. The van der Waals surface area contributed by atoms with E-state index in [0.29, 0.717) is 5.57 Å². The summed E-state index contributed by atoms with van der Waals surface area (Å²) in [4.78, 5) is 50.2. The predicted octanol–water partition coefficient (Wildman–Crippen LogP) is 0.182. The van der Waals surface area contributed by atoms with Crippen molar-refractivity contribution in [3.63, 3.8) is 0 Å². The zero-order chi connectivity index (χ0) is 21.3. The zero-order valence-electron chi connectivity index (χ0n) is 14.1. The van der Waals surface area contributed by atoms with Crippen LogP contribution in [-0.4, -0.2) is 77.2 Å². The van der Waals surface area contributed by atoms with Crippen LogP contribution in [0.15, 0.2) is 21.2 Å². The number of aromatic amines is 2. The second kappa shape index (κ2) is 8.35. The van der Waals surface area contributed by atoms with Gasteiger partial charge in [0, 0.05) is 11.5 Å². The van der Waals surface area contributed by atoms with Gasteiger partial charge in [0.1, 0.15) is 17.1 Å². The van der Waals surface area contributed by atoms with E-state index in [1.54, 1.807) is 0 Å². The highest BCUT2D eigenvalue weighted by atomic mass is 32.2. The number of aromatic nitrogens is 3. The number of carboxylic acids is 1. The van der Waals surface area contributed by atoms with Crippen molar-refractivity contribution in [2.45, 2.75) is 22.1 Å².